The Labute approximate surface area is 115 Å². The van der Waals surface area contributed by atoms with E-state index in [2.05, 4.69) is 20.5 Å². The Hall–Kier alpha value is -2.29. The van der Waals surface area contributed by atoms with Crippen LogP contribution in [0.3, 0.4) is 0 Å². The maximum Gasteiger partial charge on any atom is 0.416 e. The van der Waals surface area contributed by atoms with Crippen molar-refractivity contribution in [3.05, 3.63) is 34.6 Å². The molecule has 0 aliphatic heterocycles. The van der Waals surface area contributed by atoms with Gasteiger partial charge in [0.15, 0.2) is 0 Å². The number of anilines is 2. The molecule has 1 aromatic carbocycles. The average Bonchev–Trinajstić information content (AvgIpc) is 2.77. The molecule has 0 spiro atoms. The number of rotatable bonds is 2. The quantitative estimate of drug-likeness (QED) is 0.793. The van der Waals surface area contributed by atoms with Crippen LogP contribution in [0.1, 0.15) is 16.2 Å². The summed E-state index contributed by atoms with van der Waals surface area (Å²) in [4.78, 5) is 15.2. The summed E-state index contributed by atoms with van der Waals surface area (Å²) in [5.41, 5.74) is 4.32. The van der Waals surface area contributed by atoms with Crippen molar-refractivity contribution in [1.82, 2.24) is 15.2 Å². The smallest absolute Gasteiger partial charge is 0.366 e. The van der Waals surface area contributed by atoms with Crippen molar-refractivity contribution in [2.45, 2.75) is 6.18 Å². The highest BCUT2D eigenvalue weighted by Crippen LogP contribution is 2.33. The second kappa shape index (κ2) is 5.00. The number of aromatic amines is 1. The van der Waals surface area contributed by atoms with Crippen LogP contribution >= 0.6 is 11.6 Å². The van der Waals surface area contributed by atoms with E-state index in [0.717, 1.165) is 12.1 Å². The van der Waals surface area contributed by atoms with Crippen molar-refractivity contribution in [2.75, 3.05) is 11.1 Å². The lowest BCUT2D eigenvalue weighted by atomic mass is 10.2. The van der Waals surface area contributed by atoms with Gasteiger partial charge in [-0.05, 0) is 18.2 Å². The molecule has 1 heterocycles. The third kappa shape index (κ3) is 2.99. The van der Waals surface area contributed by atoms with Crippen LogP contribution in [0.4, 0.5) is 24.8 Å². The number of nitrogens with zero attached hydrogens (tertiary/aromatic N) is 2. The number of hydrogen-bond acceptors (Lipinski definition) is 4. The van der Waals surface area contributed by atoms with Crippen molar-refractivity contribution < 1.29 is 18.0 Å². The first kappa shape index (κ1) is 14.1. The second-order valence-electron chi connectivity index (χ2n) is 3.69. The Morgan fingerprint density at radius 1 is 1.40 bits per heavy atom. The molecule has 6 nitrogen and oxygen atoms in total. The van der Waals surface area contributed by atoms with E-state index in [9.17, 15) is 18.0 Å². The predicted molar refractivity (Wildman–Crippen MR) is 65.2 cm³/mol. The van der Waals surface area contributed by atoms with Crippen LogP contribution in [-0.4, -0.2) is 21.1 Å². The molecule has 0 atom stereocenters. The van der Waals surface area contributed by atoms with Gasteiger partial charge in [0.2, 0.25) is 11.8 Å². The van der Waals surface area contributed by atoms with Crippen LogP contribution in [0, 0.1) is 0 Å². The number of aromatic nitrogens is 3. The fourth-order valence-electron chi connectivity index (χ4n) is 1.35. The molecule has 10 heteroatoms. The molecule has 0 aliphatic rings. The summed E-state index contributed by atoms with van der Waals surface area (Å²) < 4.78 is 37.3. The summed E-state index contributed by atoms with van der Waals surface area (Å²) in [5, 5.41) is 7.75. The van der Waals surface area contributed by atoms with Crippen molar-refractivity contribution in [3.63, 3.8) is 0 Å². The molecular formula is C10H7ClF3N5O. The first-order valence-electron chi connectivity index (χ1n) is 5.13. The zero-order valence-corrected chi connectivity index (χ0v) is 10.4. The van der Waals surface area contributed by atoms with Crippen LogP contribution in [0.5, 0.6) is 0 Å². The summed E-state index contributed by atoms with van der Waals surface area (Å²) in [6.45, 7) is 0. The fourth-order valence-corrected chi connectivity index (χ4v) is 1.58. The van der Waals surface area contributed by atoms with Crippen LogP contribution in [0.25, 0.3) is 0 Å². The molecule has 2 aromatic rings. The average molecular weight is 306 g/mol. The van der Waals surface area contributed by atoms with E-state index < -0.39 is 17.6 Å². The van der Waals surface area contributed by atoms with Gasteiger partial charge in [0.1, 0.15) is 0 Å². The maximum atomic E-state index is 12.4. The summed E-state index contributed by atoms with van der Waals surface area (Å²) in [5.74, 6) is -1.04. The lowest BCUT2D eigenvalue weighted by Crippen LogP contribution is -2.14. The van der Waals surface area contributed by atoms with E-state index in [4.69, 9.17) is 17.3 Å². The van der Waals surface area contributed by atoms with E-state index in [0.29, 0.717) is 6.07 Å². The van der Waals surface area contributed by atoms with Crippen molar-refractivity contribution in [2.24, 2.45) is 0 Å². The van der Waals surface area contributed by atoms with Crippen molar-refractivity contribution in [3.8, 4) is 0 Å². The maximum absolute atomic E-state index is 12.4. The standard InChI is InChI=1S/C10H7ClF3N5O/c11-5-3-4(10(12,13)14)1-2-6(5)16-8(20)7-17-9(15)19-18-7/h1-3H,(H,16,20)(H3,15,17,18,19). The number of halogens is 4. The highest BCUT2D eigenvalue weighted by Gasteiger charge is 2.31. The number of benzene rings is 1. The number of carbonyl (C=O) groups excluding carboxylic acids is 1. The van der Waals surface area contributed by atoms with E-state index >= 15 is 0 Å². The lowest BCUT2D eigenvalue weighted by molar-refractivity contribution is -0.137. The number of amides is 1. The van der Waals surface area contributed by atoms with Gasteiger partial charge in [-0.3, -0.25) is 9.89 Å². The normalized spacial score (nSPS) is 11.4. The number of carbonyl (C=O) groups is 1. The molecule has 106 valence electrons. The van der Waals surface area contributed by atoms with Gasteiger partial charge in [-0.1, -0.05) is 11.6 Å². The third-order valence-corrected chi connectivity index (χ3v) is 2.58. The molecular weight excluding hydrogens is 299 g/mol. The number of nitrogen functional groups attached to an aromatic ring is 1. The molecule has 0 saturated heterocycles. The number of H-pyrrole nitrogens is 1. The number of hydrogen-bond donors (Lipinski definition) is 3. The molecule has 0 aliphatic carbocycles. The molecule has 0 fully saturated rings. The third-order valence-electron chi connectivity index (χ3n) is 2.26. The molecule has 0 unspecified atom stereocenters. The molecule has 0 bridgehead atoms. The van der Waals surface area contributed by atoms with Crippen LogP contribution in [0.2, 0.25) is 5.02 Å². The van der Waals surface area contributed by atoms with Crippen LogP contribution in [-0.2, 0) is 6.18 Å². The fraction of sp³-hybridized carbons (Fsp3) is 0.100. The summed E-state index contributed by atoms with van der Waals surface area (Å²) in [6.07, 6.45) is -4.51. The Morgan fingerprint density at radius 3 is 2.60 bits per heavy atom. The summed E-state index contributed by atoms with van der Waals surface area (Å²) in [6, 6.07) is 2.56. The van der Waals surface area contributed by atoms with E-state index in [1.807, 2.05) is 0 Å². The molecule has 4 N–H and O–H groups in total. The first-order valence-corrected chi connectivity index (χ1v) is 5.51. The van der Waals surface area contributed by atoms with Gasteiger partial charge in [0, 0.05) is 0 Å². The zero-order chi connectivity index (χ0) is 14.9. The highest BCUT2D eigenvalue weighted by molar-refractivity contribution is 6.34. The van der Waals surface area contributed by atoms with Gasteiger partial charge < -0.3 is 11.1 Å². The monoisotopic (exact) mass is 305 g/mol. The summed E-state index contributed by atoms with van der Waals surface area (Å²) >= 11 is 5.69. The minimum absolute atomic E-state index is 0.0136. The number of alkyl halides is 3. The zero-order valence-electron chi connectivity index (χ0n) is 9.62. The van der Waals surface area contributed by atoms with Gasteiger partial charge in [-0.2, -0.15) is 18.2 Å². The molecule has 0 radical (unpaired) electrons. The Morgan fingerprint density at radius 2 is 2.10 bits per heavy atom. The van der Waals surface area contributed by atoms with Crippen molar-refractivity contribution >= 4 is 29.1 Å². The largest absolute Gasteiger partial charge is 0.416 e. The Kier molecular flexibility index (Phi) is 3.53. The van der Waals surface area contributed by atoms with E-state index in [1.54, 1.807) is 0 Å². The topological polar surface area (TPSA) is 96.7 Å². The number of nitrogens with two attached hydrogens (primary N) is 1. The van der Waals surface area contributed by atoms with Gasteiger partial charge in [0.25, 0.3) is 5.91 Å². The molecule has 1 aromatic heterocycles. The van der Waals surface area contributed by atoms with Gasteiger partial charge >= 0.3 is 6.18 Å². The predicted octanol–water partition coefficient (Wildman–Crippen LogP) is 2.31. The van der Waals surface area contributed by atoms with E-state index in [1.165, 1.54) is 0 Å². The summed E-state index contributed by atoms with van der Waals surface area (Å²) in [7, 11) is 0. The number of nitrogens with one attached hydrogen (secondary N) is 2. The molecule has 2 rings (SSSR count). The lowest BCUT2D eigenvalue weighted by Gasteiger charge is -2.10. The minimum Gasteiger partial charge on any atom is -0.366 e. The second-order valence-corrected chi connectivity index (χ2v) is 4.10. The van der Waals surface area contributed by atoms with Crippen LogP contribution in [0.15, 0.2) is 18.2 Å². The van der Waals surface area contributed by atoms with Crippen LogP contribution < -0.4 is 11.1 Å². The molecule has 20 heavy (non-hydrogen) atoms. The SMILES string of the molecule is Nc1n[nH]c(C(=O)Nc2ccc(C(F)(F)F)cc2Cl)n1. The highest BCUT2D eigenvalue weighted by atomic mass is 35.5. The first-order chi connectivity index (χ1) is 9.27. The van der Waals surface area contributed by atoms with Gasteiger partial charge in [-0.15, -0.1) is 5.10 Å². The Bertz CT molecular complexity index is 655. The van der Waals surface area contributed by atoms with E-state index in [-0.39, 0.29) is 22.5 Å². The van der Waals surface area contributed by atoms with Gasteiger partial charge in [0.05, 0.1) is 16.3 Å². The molecule has 0 saturated carbocycles. The minimum atomic E-state index is -4.51. The van der Waals surface area contributed by atoms with Gasteiger partial charge in [-0.25, -0.2) is 0 Å². The molecule has 1 amide bonds. The van der Waals surface area contributed by atoms with Crippen molar-refractivity contribution in [1.29, 1.82) is 0 Å². The Balaban J connectivity index is 2.20.